The predicted molar refractivity (Wildman–Crippen MR) is 77.5 cm³/mol. The van der Waals surface area contributed by atoms with E-state index in [9.17, 15) is 10.1 Å². The van der Waals surface area contributed by atoms with Crippen molar-refractivity contribution in [1.29, 1.82) is 0 Å². The Hall–Kier alpha value is -2.28. The van der Waals surface area contributed by atoms with Crippen molar-refractivity contribution < 1.29 is 9.45 Å². The van der Waals surface area contributed by atoms with E-state index in [1.54, 1.807) is 6.07 Å². The van der Waals surface area contributed by atoms with Gasteiger partial charge in [-0.3, -0.25) is 10.1 Å². The lowest BCUT2D eigenvalue weighted by Gasteiger charge is -2.12. The minimum atomic E-state index is -0.450. The van der Waals surface area contributed by atoms with Crippen LogP contribution in [-0.2, 0) is 0 Å². The van der Waals surface area contributed by atoms with E-state index in [2.05, 4.69) is 10.1 Å². The van der Waals surface area contributed by atoms with Gasteiger partial charge in [-0.2, -0.15) is 4.98 Å². The molecule has 1 aromatic heterocycles. The van der Waals surface area contributed by atoms with Crippen molar-refractivity contribution in [1.82, 2.24) is 10.1 Å². The van der Waals surface area contributed by atoms with Gasteiger partial charge >= 0.3 is 0 Å². The Morgan fingerprint density at radius 1 is 1.48 bits per heavy atom. The molecule has 7 heteroatoms. The maximum absolute atomic E-state index is 10.9. The molecule has 0 fully saturated rings. The van der Waals surface area contributed by atoms with E-state index in [1.807, 2.05) is 20.8 Å². The highest BCUT2D eigenvalue weighted by atomic mass is 16.6. The number of aromatic nitrogens is 2. The van der Waals surface area contributed by atoms with E-state index in [4.69, 9.17) is 10.3 Å². The van der Waals surface area contributed by atoms with Crippen LogP contribution in [-0.4, -0.2) is 15.1 Å². The lowest BCUT2D eigenvalue weighted by molar-refractivity contribution is -0.384. The molecule has 1 heterocycles. The molecule has 0 amide bonds. The van der Waals surface area contributed by atoms with Crippen LogP contribution in [0.4, 0.5) is 5.69 Å². The molecule has 0 bridgehead atoms. The Labute approximate surface area is 122 Å². The third-order valence-corrected chi connectivity index (χ3v) is 3.66. The van der Waals surface area contributed by atoms with E-state index >= 15 is 0 Å². The number of aryl methyl sites for hydroxylation is 1. The van der Waals surface area contributed by atoms with Crippen LogP contribution in [0.15, 0.2) is 22.7 Å². The summed E-state index contributed by atoms with van der Waals surface area (Å²) in [6.45, 7) is 5.88. The molecular formula is C14H18N4O3. The highest BCUT2D eigenvalue weighted by molar-refractivity contribution is 5.63. The number of benzene rings is 1. The van der Waals surface area contributed by atoms with Crippen molar-refractivity contribution >= 4 is 5.69 Å². The summed E-state index contributed by atoms with van der Waals surface area (Å²) in [5.74, 6) is 0.889. The second-order valence-corrected chi connectivity index (χ2v) is 5.12. The maximum Gasteiger partial charge on any atom is 0.270 e. The number of rotatable bonds is 5. The molecule has 0 spiro atoms. The predicted octanol–water partition coefficient (Wildman–Crippen LogP) is 3.00. The second-order valence-electron chi connectivity index (χ2n) is 5.12. The highest BCUT2D eigenvalue weighted by Gasteiger charge is 2.21. The van der Waals surface area contributed by atoms with Crippen molar-refractivity contribution in [3.63, 3.8) is 0 Å². The Bertz CT molecular complexity index is 653. The van der Waals surface area contributed by atoms with Crippen molar-refractivity contribution in [2.45, 2.75) is 33.2 Å². The van der Waals surface area contributed by atoms with E-state index < -0.39 is 4.92 Å². The third-order valence-electron chi connectivity index (χ3n) is 3.66. The molecule has 2 aromatic rings. The monoisotopic (exact) mass is 290 g/mol. The Morgan fingerprint density at radius 2 is 2.19 bits per heavy atom. The summed E-state index contributed by atoms with van der Waals surface area (Å²) < 4.78 is 5.20. The largest absolute Gasteiger partial charge is 0.337 e. The van der Waals surface area contributed by atoms with Crippen molar-refractivity contribution in [2.24, 2.45) is 11.7 Å². The Kier molecular flexibility index (Phi) is 4.32. The number of non-ortho nitro benzene ring substituents is 1. The molecule has 1 aromatic carbocycles. The maximum atomic E-state index is 10.9. The first-order valence-corrected chi connectivity index (χ1v) is 6.78. The van der Waals surface area contributed by atoms with E-state index in [0.717, 1.165) is 12.0 Å². The van der Waals surface area contributed by atoms with Gasteiger partial charge in [0.15, 0.2) is 0 Å². The van der Waals surface area contributed by atoms with Crippen LogP contribution in [0.2, 0.25) is 0 Å². The summed E-state index contributed by atoms with van der Waals surface area (Å²) in [6, 6.07) is 4.22. The molecule has 0 radical (unpaired) electrons. The number of nitro benzene ring substituents is 1. The Morgan fingerprint density at radius 3 is 2.81 bits per heavy atom. The van der Waals surface area contributed by atoms with Gasteiger partial charge < -0.3 is 10.3 Å². The third kappa shape index (κ3) is 3.08. The summed E-state index contributed by atoms with van der Waals surface area (Å²) in [5.41, 5.74) is 7.46. The molecule has 0 saturated carbocycles. The zero-order valence-corrected chi connectivity index (χ0v) is 12.2. The highest BCUT2D eigenvalue weighted by Crippen LogP contribution is 2.27. The second kappa shape index (κ2) is 6.01. The van der Waals surface area contributed by atoms with Crippen LogP contribution in [0.1, 0.15) is 37.8 Å². The molecule has 2 N–H and O–H groups in total. The molecule has 2 rings (SSSR count). The molecule has 1 unspecified atom stereocenters. The summed E-state index contributed by atoms with van der Waals surface area (Å²) in [5, 5.41) is 14.8. The van der Waals surface area contributed by atoms with Crippen LogP contribution in [0.25, 0.3) is 11.4 Å². The minimum Gasteiger partial charge on any atom is -0.337 e. The van der Waals surface area contributed by atoms with Crippen LogP contribution in [0.3, 0.4) is 0 Å². The molecule has 2 atom stereocenters. The van der Waals surface area contributed by atoms with Gasteiger partial charge in [0, 0.05) is 17.7 Å². The summed E-state index contributed by atoms with van der Waals surface area (Å²) in [6.07, 6.45) is 0.898. The first-order valence-electron chi connectivity index (χ1n) is 6.78. The molecule has 0 aliphatic carbocycles. The van der Waals surface area contributed by atoms with Crippen molar-refractivity contribution in [3.8, 4) is 11.4 Å². The van der Waals surface area contributed by atoms with Crippen LogP contribution in [0, 0.1) is 23.0 Å². The Balaban J connectivity index is 2.37. The fourth-order valence-electron chi connectivity index (χ4n) is 1.94. The van der Waals surface area contributed by atoms with Crippen molar-refractivity contribution in [2.75, 3.05) is 0 Å². The van der Waals surface area contributed by atoms with Gasteiger partial charge in [-0.25, -0.2) is 0 Å². The van der Waals surface area contributed by atoms with Crippen LogP contribution >= 0.6 is 0 Å². The van der Waals surface area contributed by atoms with Gasteiger partial charge in [0.2, 0.25) is 11.7 Å². The summed E-state index contributed by atoms with van der Waals surface area (Å²) in [4.78, 5) is 14.7. The first-order chi connectivity index (χ1) is 9.93. The summed E-state index contributed by atoms with van der Waals surface area (Å²) >= 11 is 0. The minimum absolute atomic E-state index is 0.00632. The average molecular weight is 290 g/mol. The molecule has 112 valence electrons. The standard InChI is InChI=1S/C14H18N4O3/c1-4-8(2)12(15)14-16-13(17-21-14)11-7-10(18(19)20)6-5-9(11)3/h5-8,12H,4,15H2,1-3H3/t8?,12-/m0/s1. The quantitative estimate of drug-likeness (QED) is 0.669. The van der Waals surface area contributed by atoms with E-state index in [0.29, 0.717) is 17.3 Å². The molecular weight excluding hydrogens is 272 g/mol. The first kappa shape index (κ1) is 15.1. The van der Waals surface area contributed by atoms with Crippen LogP contribution in [0.5, 0.6) is 0 Å². The van der Waals surface area contributed by atoms with Crippen molar-refractivity contribution in [3.05, 3.63) is 39.8 Å². The fraction of sp³-hybridized carbons (Fsp3) is 0.429. The molecule has 0 aliphatic heterocycles. The zero-order valence-electron chi connectivity index (χ0n) is 12.2. The number of hydrogen-bond donors (Lipinski definition) is 1. The van der Waals surface area contributed by atoms with E-state index in [-0.39, 0.29) is 17.6 Å². The zero-order chi connectivity index (χ0) is 15.6. The lowest BCUT2D eigenvalue weighted by Crippen LogP contribution is -2.18. The van der Waals surface area contributed by atoms with Gasteiger partial charge in [-0.1, -0.05) is 31.5 Å². The van der Waals surface area contributed by atoms with Gasteiger partial charge in [0.1, 0.15) is 0 Å². The van der Waals surface area contributed by atoms with Gasteiger partial charge in [-0.05, 0) is 18.4 Å². The normalized spacial score (nSPS) is 13.9. The lowest BCUT2D eigenvalue weighted by atomic mass is 10.0. The number of nitro groups is 1. The van der Waals surface area contributed by atoms with Crippen LogP contribution < -0.4 is 5.73 Å². The van der Waals surface area contributed by atoms with E-state index in [1.165, 1.54) is 12.1 Å². The molecule has 0 saturated heterocycles. The average Bonchev–Trinajstić information content (AvgIpc) is 2.95. The van der Waals surface area contributed by atoms with Gasteiger partial charge in [0.05, 0.1) is 11.0 Å². The van der Waals surface area contributed by atoms with Gasteiger partial charge in [-0.15, -0.1) is 0 Å². The number of hydrogen-bond acceptors (Lipinski definition) is 6. The molecule has 7 nitrogen and oxygen atoms in total. The smallest absolute Gasteiger partial charge is 0.270 e. The topological polar surface area (TPSA) is 108 Å². The summed E-state index contributed by atoms with van der Waals surface area (Å²) in [7, 11) is 0. The van der Waals surface area contributed by atoms with Gasteiger partial charge in [0.25, 0.3) is 5.69 Å². The molecule has 21 heavy (non-hydrogen) atoms. The molecule has 0 aliphatic rings. The number of nitrogens with two attached hydrogens (primary N) is 1. The SMILES string of the molecule is CCC(C)[C@H](N)c1nc(-c2cc([N+](=O)[O-])ccc2C)no1. The number of nitrogens with zero attached hydrogens (tertiary/aromatic N) is 3. The fourth-order valence-corrected chi connectivity index (χ4v) is 1.94.